The fourth-order valence-corrected chi connectivity index (χ4v) is 7.91. The number of unbranched alkanes of at least 4 members (excludes halogenated alkanes) is 6. The summed E-state index contributed by atoms with van der Waals surface area (Å²) in [7, 11) is -1.12. The van der Waals surface area contributed by atoms with Crippen molar-refractivity contribution in [2.24, 2.45) is 16.6 Å². The molecule has 0 atom stereocenters. The van der Waals surface area contributed by atoms with Crippen LogP contribution in [0.25, 0.3) is 0 Å². The summed E-state index contributed by atoms with van der Waals surface area (Å²) in [5.74, 6) is 1.33. The van der Waals surface area contributed by atoms with Gasteiger partial charge in [0.2, 0.25) is 0 Å². The molecule has 0 saturated heterocycles. The molecular weight excluding hydrogens is 453 g/mol. The molecule has 1 nitrogen and oxygen atoms in total. The van der Waals surface area contributed by atoms with E-state index < -0.39 is 7.05 Å². The van der Waals surface area contributed by atoms with E-state index in [2.05, 4.69) is 91.0 Å². The molecule has 33 heavy (non-hydrogen) atoms. The Kier molecular flexibility index (Phi) is 25.1. The van der Waals surface area contributed by atoms with Gasteiger partial charge in [0, 0.05) is 33.8 Å². The number of allylic oxidation sites excluding steroid dienone is 7. The average Bonchev–Trinajstić information content (AvgIpc) is 3.25. The molecule has 0 aromatic carbocycles. The number of hydrogen-bond acceptors (Lipinski definition) is 1. The Bertz CT molecular complexity index is 562. The molecule has 0 aromatic rings. The van der Waals surface area contributed by atoms with Crippen LogP contribution >= 0.6 is 7.05 Å². The van der Waals surface area contributed by atoms with E-state index in [1.165, 1.54) is 82.0 Å². The van der Waals surface area contributed by atoms with Crippen LogP contribution in [0.1, 0.15) is 113 Å². The predicted molar refractivity (Wildman–Crippen MR) is 152 cm³/mol. The summed E-state index contributed by atoms with van der Waals surface area (Å²) < 4.78 is 5.43. The number of hydrogen-bond donors (Lipinski definition) is 0. The van der Waals surface area contributed by atoms with Crippen LogP contribution in [0.4, 0.5) is 0 Å². The van der Waals surface area contributed by atoms with Gasteiger partial charge >= 0.3 is 0 Å². The molecule has 0 fully saturated rings. The van der Waals surface area contributed by atoms with Gasteiger partial charge in [0.1, 0.15) is 0 Å². The van der Waals surface area contributed by atoms with Crippen molar-refractivity contribution in [3.05, 3.63) is 48.2 Å². The van der Waals surface area contributed by atoms with Gasteiger partial charge in [0.25, 0.3) is 0 Å². The van der Waals surface area contributed by atoms with Gasteiger partial charge in [0.05, 0.1) is 0 Å². The molecule has 190 valence electrons. The van der Waals surface area contributed by atoms with E-state index in [1.54, 1.807) is 0 Å². The fraction of sp³-hybridized carbons (Fsp3) is 0.733. The molecule has 0 spiro atoms. The van der Waals surface area contributed by atoms with Gasteiger partial charge in [-0.2, -0.15) is 0 Å². The molecule has 0 bridgehead atoms. The molecule has 0 aliphatic heterocycles. The van der Waals surface area contributed by atoms with E-state index >= 15 is 0 Å². The number of rotatable bonds is 16. The third kappa shape index (κ3) is 20.9. The first-order chi connectivity index (χ1) is 15.4. The summed E-state index contributed by atoms with van der Waals surface area (Å²) in [4.78, 5) is 0. The van der Waals surface area contributed by atoms with Crippen molar-refractivity contribution in [3.63, 3.8) is 0 Å². The summed E-state index contributed by atoms with van der Waals surface area (Å²) in [5.41, 5.74) is 1.37. The number of nitrogens with zero attached hydrogens (tertiary/aromatic N) is 1. The zero-order chi connectivity index (χ0) is 24.1. The van der Waals surface area contributed by atoms with E-state index in [4.69, 9.17) is 4.74 Å². The summed E-state index contributed by atoms with van der Waals surface area (Å²) in [6, 6.07) is 0. The monoisotopic (exact) mass is 509 g/mol. The van der Waals surface area contributed by atoms with E-state index in [9.17, 15) is 0 Å². The Balaban J connectivity index is 0. The molecule has 1 aliphatic rings. The summed E-state index contributed by atoms with van der Waals surface area (Å²) in [5, 5.41) is 0. The van der Waals surface area contributed by atoms with Crippen molar-refractivity contribution in [1.82, 2.24) is 0 Å². The molecule has 0 unspecified atom stereocenters. The topological polar surface area (TPSA) is 12.4 Å². The Morgan fingerprint density at radius 3 is 1.48 bits per heavy atom. The van der Waals surface area contributed by atoms with Gasteiger partial charge in [-0.3, -0.25) is 4.74 Å². The molecular formula is C30H56NPTi. The van der Waals surface area contributed by atoms with Gasteiger partial charge in [0.15, 0.2) is 0 Å². The average molecular weight is 510 g/mol. The van der Waals surface area contributed by atoms with E-state index in [1.807, 2.05) is 0 Å². The van der Waals surface area contributed by atoms with Crippen LogP contribution in [0, 0.1) is 11.8 Å². The standard InChI is InChI=1S/C20H38NP.C10H18.Ti/c1-4-7-12-17-22(18-13-8-5-2,19-14-9-6-3)21-20-15-10-11-16-20;1-9(2)7-5-6-8-10(3)4;/h10-11,15H,4-9,12-14,16-19H2,1-3H3;5-10H,1-4H3;. The maximum absolute atomic E-state index is 5.43. The van der Waals surface area contributed by atoms with Crippen LogP contribution in [-0.2, 0) is 21.7 Å². The molecule has 0 amide bonds. The first-order valence-corrected chi connectivity index (χ1v) is 16.0. The van der Waals surface area contributed by atoms with Gasteiger partial charge < -0.3 is 0 Å². The largest absolute Gasteiger partial charge is 0.272 e. The third-order valence-corrected chi connectivity index (χ3v) is 9.86. The van der Waals surface area contributed by atoms with Gasteiger partial charge in [-0.25, -0.2) is 0 Å². The molecule has 3 heteroatoms. The Hall–Kier alpha value is -0.0957. The maximum Gasteiger partial charge on any atom is 0.0425 e. The van der Waals surface area contributed by atoms with Crippen LogP contribution in [-0.4, -0.2) is 18.5 Å². The minimum absolute atomic E-state index is 0. The summed E-state index contributed by atoms with van der Waals surface area (Å²) in [6.45, 7) is 15.7. The fourth-order valence-electron chi connectivity index (χ4n) is 3.81. The molecule has 0 radical (unpaired) electrons. The Morgan fingerprint density at radius 1 is 0.758 bits per heavy atom. The molecule has 0 N–H and O–H groups in total. The second kappa shape index (κ2) is 23.6. The van der Waals surface area contributed by atoms with Crippen LogP contribution in [0.15, 0.2) is 53.0 Å². The zero-order valence-corrected chi connectivity index (χ0v) is 25.7. The molecule has 0 aromatic heterocycles. The first kappa shape index (κ1) is 35.1. The van der Waals surface area contributed by atoms with Crippen LogP contribution < -0.4 is 0 Å². The maximum atomic E-state index is 5.43. The molecule has 1 rings (SSSR count). The molecule has 1 aliphatic carbocycles. The van der Waals surface area contributed by atoms with Gasteiger partial charge in [-0.05, 0) is 62.7 Å². The normalized spacial score (nSPS) is 13.5. The second-order valence-electron chi connectivity index (χ2n) is 10.0. The van der Waals surface area contributed by atoms with E-state index in [0.717, 1.165) is 6.42 Å². The van der Waals surface area contributed by atoms with E-state index in [0.29, 0.717) is 11.8 Å². The van der Waals surface area contributed by atoms with Crippen molar-refractivity contribution in [3.8, 4) is 0 Å². The minimum atomic E-state index is -1.12. The summed E-state index contributed by atoms with van der Waals surface area (Å²) in [6.07, 6.45) is 33.0. The predicted octanol–water partition coefficient (Wildman–Crippen LogP) is 11.0. The summed E-state index contributed by atoms with van der Waals surface area (Å²) >= 11 is 0. The van der Waals surface area contributed by atoms with Crippen LogP contribution in [0.5, 0.6) is 0 Å². The zero-order valence-electron chi connectivity index (χ0n) is 23.3. The van der Waals surface area contributed by atoms with Crippen molar-refractivity contribution in [2.45, 2.75) is 113 Å². The molecule has 0 saturated carbocycles. The van der Waals surface area contributed by atoms with Crippen LogP contribution in [0.3, 0.4) is 0 Å². The van der Waals surface area contributed by atoms with Crippen molar-refractivity contribution in [1.29, 1.82) is 0 Å². The van der Waals surface area contributed by atoms with Gasteiger partial charge in [-0.15, -0.1) is 0 Å². The van der Waals surface area contributed by atoms with Crippen molar-refractivity contribution in [2.75, 3.05) is 18.5 Å². The Morgan fingerprint density at radius 2 is 1.18 bits per heavy atom. The van der Waals surface area contributed by atoms with Crippen LogP contribution in [0.2, 0.25) is 0 Å². The minimum Gasteiger partial charge on any atom is -0.272 e. The van der Waals surface area contributed by atoms with Gasteiger partial charge in [-0.1, -0.05) is 123 Å². The SMILES string of the molecule is CC(C)C=CC=CC(C)C.CCCCCP(CCCCC)(CCCCC)=NC1=CC=CC1.[Ti]. The molecule has 0 heterocycles. The third-order valence-electron chi connectivity index (χ3n) is 5.73. The second-order valence-corrected chi connectivity index (χ2v) is 13.8. The smallest absolute Gasteiger partial charge is 0.0425 e. The van der Waals surface area contributed by atoms with E-state index in [-0.39, 0.29) is 21.7 Å². The van der Waals surface area contributed by atoms with Crippen molar-refractivity contribution >= 4 is 7.05 Å². The first-order valence-electron chi connectivity index (χ1n) is 13.7. The Labute approximate surface area is 224 Å². The van der Waals surface area contributed by atoms with Crippen molar-refractivity contribution < 1.29 is 21.7 Å². The quantitative estimate of drug-likeness (QED) is 0.0849.